The Labute approximate surface area is 145 Å². The number of amides is 1. The number of nitrogens with zero attached hydrogens (tertiary/aromatic N) is 2. The maximum atomic E-state index is 11.9. The first-order valence-electron chi connectivity index (χ1n) is 7.83. The van der Waals surface area contributed by atoms with E-state index in [2.05, 4.69) is 15.3 Å². The number of ether oxygens (including phenoxy) is 1. The Morgan fingerprint density at radius 2 is 2.24 bits per heavy atom. The zero-order valence-corrected chi connectivity index (χ0v) is 13.9. The Balaban J connectivity index is 1.74. The van der Waals surface area contributed by atoms with Crippen molar-refractivity contribution in [3.05, 3.63) is 41.3 Å². The fourth-order valence-electron chi connectivity index (χ4n) is 2.54. The smallest absolute Gasteiger partial charge is 0.437 e. The number of aliphatic hydroxyl groups is 1. The topological polar surface area (TPSA) is 114 Å². The van der Waals surface area contributed by atoms with Crippen LogP contribution in [0.1, 0.15) is 28.5 Å². The summed E-state index contributed by atoms with van der Waals surface area (Å²) in [6.07, 6.45) is 2.65. The van der Waals surface area contributed by atoms with Crippen molar-refractivity contribution in [1.29, 1.82) is 0 Å². The lowest BCUT2D eigenvalue weighted by atomic mass is 9.76. The molecule has 1 amide bonds. The molecule has 3 N–H and O–H groups in total. The van der Waals surface area contributed by atoms with Crippen molar-refractivity contribution < 1.29 is 24.3 Å². The summed E-state index contributed by atoms with van der Waals surface area (Å²) >= 11 is 0. The van der Waals surface area contributed by atoms with E-state index in [1.165, 1.54) is 12.4 Å². The molecule has 3 rings (SSSR count). The summed E-state index contributed by atoms with van der Waals surface area (Å²) in [6.45, 7) is 3.72. The van der Waals surface area contributed by atoms with E-state index in [4.69, 9.17) is 14.5 Å². The van der Waals surface area contributed by atoms with Crippen molar-refractivity contribution in [3.63, 3.8) is 0 Å². The Hall–Kier alpha value is -2.49. The minimum atomic E-state index is -0.954. The van der Waals surface area contributed by atoms with Gasteiger partial charge in [-0.1, -0.05) is 6.07 Å². The first kappa shape index (κ1) is 17.3. The van der Waals surface area contributed by atoms with E-state index in [9.17, 15) is 9.82 Å². The molecule has 2 aromatic rings. The summed E-state index contributed by atoms with van der Waals surface area (Å²) in [7, 11) is -0.954. The number of hydrogen-bond acceptors (Lipinski definition) is 7. The molecule has 0 saturated carbocycles. The van der Waals surface area contributed by atoms with Gasteiger partial charge in [0, 0.05) is 6.04 Å². The highest BCUT2D eigenvalue weighted by atomic mass is 16.5. The van der Waals surface area contributed by atoms with Crippen molar-refractivity contribution >= 4 is 18.5 Å². The van der Waals surface area contributed by atoms with Gasteiger partial charge < -0.3 is 24.8 Å². The molecule has 8 nitrogen and oxygen atoms in total. The summed E-state index contributed by atoms with van der Waals surface area (Å²) in [4.78, 5) is 20.0. The molecule has 0 aliphatic carbocycles. The molecule has 0 bridgehead atoms. The SMILES string of the molecule is Cc1c(Oc2cnc(C(=O)NC(C)CO)cn2)ccc2c1B(O)OC2. The molecule has 0 spiro atoms. The molecular formula is C16H18BN3O5. The second-order valence-corrected chi connectivity index (χ2v) is 5.82. The fraction of sp³-hybridized carbons (Fsp3) is 0.312. The molecule has 130 valence electrons. The zero-order chi connectivity index (χ0) is 18.0. The molecular weight excluding hydrogens is 325 g/mol. The van der Waals surface area contributed by atoms with Crippen LogP contribution in [0.3, 0.4) is 0 Å². The van der Waals surface area contributed by atoms with Gasteiger partial charge in [-0.15, -0.1) is 0 Å². The maximum absolute atomic E-state index is 11.9. The number of aliphatic hydroxyl groups excluding tert-OH is 1. The highest BCUT2D eigenvalue weighted by molar-refractivity contribution is 6.62. The summed E-state index contributed by atoms with van der Waals surface area (Å²) < 4.78 is 10.9. The second kappa shape index (κ2) is 7.18. The predicted molar refractivity (Wildman–Crippen MR) is 89.7 cm³/mol. The minimum Gasteiger partial charge on any atom is -0.437 e. The normalized spacial score (nSPS) is 14.2. The van der Waals surface area contributed by atoms with E-state index >= 15 is 0 Å². The zero-order valence-electron chi connectivity index (χ0n) is 13.9. The van der Waals surface area contributed by atoms with E-state index in [1.54, 1.807) is 13.0 Å². The number of aromatic nitrogens is 2. The molecule has 1 aromatic heterocycles. The van der Waals surface area contributed by atoms with Crippen LogP contribution in [0.4, 0.5) is 0 Å². The number of benzene rings is 1. The van der Waals surface area contributed by atoms with Crippen molar-refractivity contribution in [1.82, 2.24) is 15.3 Å². The third-order valence-electron chi connectivity index (χ3n) is 3.93. The van der Waals surface area contributed by atoms with Gasteiger partial charge in [0.2, 0.25) is 5.88 Å². The molecule has 0 saturated heterocycles. The van der Waals surface area contributed by atoms with Crippen LogP contribution in [0.2, 0.25) is 0 Å². The van der Waals surface area contributed by atoms with Crippen LogP contribution in [0.15, 0.2) is 24.5 Å². The Bertz CT molecular complexity index is 784. The first-order valence-corrected chi connectivity index (χ1v) is 7.83. The number of rotatable bonds is 5. The minimum absolute atomic E-state index is 0.127. The van der Waals surface area contributed by atoms with Gasteiger partial charge in [-0.05, 0) is 36.5 Å². The molecule has 0 fully saturated rings. The second-order valence-electron chi connectivity index (χ2n) is 5.82. The predicted octanol–water partition coefficient (Wildman–Crippen LogP) is -0.0944. The van der Waals surface area contributed by atoms with Crippen LogP contribution in [-0.4, -0.2) is 45.8 Å². The van der Waals surface area contributed by atoms with Crippen molar-refractivity contribution in [3.8, 4) is 11.6 Å². The maximum Gasteiger partial charge on any atom is 0.492 e. The van der Waals surface area contributed by atoms with Gasteiger partial charge in [-0.25, -0.2) is 9.97 Å². The van der Waals surface area contributed by atoms with E-state index in [0.717, 1.165) is 11.1 Å². The average molecular weight is 343 g/mol. The molecule has 1 aromatic carbocycles. The number of hydrogen-bond donors (Lipinski definition) is 3. The van der Waals surface area contributed by atoms with E-state index in [-0.39, 0.29) is 24.2 Å². The van der Waals surface area contributed by atoms with Crippen LogP contribution in [0.5, 0.6) is 11.6 Å². The number of carbonyl (C=O) groups excluding carboxylic acids is 1. The molecule has 9 heteroatoms. The highest BCUT2D eigenvalue weighted by Gasteiger charge is 2.30. The third kappa shape index (κ3) is 3.63. The number of fused-ring (bicyclic) bond motifs is 1. The number of carbonyl (C=O) groups is 1. The largest absolute Gasteiger partial charge is 0.492 e. The van der Waals surface area contributed by atoms with E-state index in [0.29, 0.717) is 17.8 Å². The van der Waals surface area contributed by atoms with E-state index in [1.807, 2.05) is 13.0 Å². The summed E-state index contributed by atoms with van der Waals surface area (Å²) in [5.74, 6) is 0.335. The van der Waals surface area contributed by atoms with Gasteiger partial charge in [-0.3, -0.25) is 4.79 Å². The van der Waals surface area contributed by atoms with E-state index < -0.39 is 13.0 Å². The van der Waals surface area contributed by atoms with Crippen molar-refractivity contribution in [2.45, 2.75) is 26.5 Å². The first-order chi connectivity index (χ1) is 12.0. The van der Waals surface area contributed by atoms with Gasteiger partial charge in [0.05, 0.1) is 25.6 Å². The molecule has 1 aliphatic heterocycles. The highest BCUT2D eigenvalue weighted by Crippen LogP contribution is 2.25. The van der Waals surface area contributed by atoms with Crippen LogP contribution in [0.25, 0.3) is 0 Å². The monoisotopic (exact) mass is 343 g/mol. The molecule has 1 atom stereocenters. The lowest BCUT2D eigenvalue weighted by Crippen LogP contribution is -2.35. The van der Waals surface area contributed by atoms with Gasteiger partial charge >= 0.3 is 7.12 Å². The van der Waals surface area contributed by atoms with Crippen LogP contribution in [-0.2, 0) is 11.3 Å². The third-order valence-corrected chi connectivity index (χ3v) is 3.93. The van der Waals surface area contributed by atoms with Crippen molar-refractivity contribution in [2.24, 2.45) is 0 Å². The standard InChI is InChI=1S/C16H18BN3O5/c1-9(7-21)20-16(22)12-5-19-14(6-18-12)25-13-4-3-11-8-24-17(23)15(11)10(13)2/h3-6,9,21,23H,7-8H2,1-2H3,(H,20,22). The Kier molecular flexibility index (Phi) is 4.98. The molecule has 0 radical (unpaired) electrons. The lowest BCUT2D eigenvalue weighted by molar-refractivity contribution is 0.0916. The van der Waals surface area contributed by atoms with Gasteiger partial charge in [0.15, 0.2) is 0 Å². The van der Waals surface area contributed by atoms with Crippen LogP contribution < -0.4 is 15.5 Å². The molecule has 2 heterocycles. The lowest BCUT2D eigenvalue weighted by Gasteiger charge is -2.12. The fourth-order valence-corrected chi connectivity index (χ4v) is 2.54. The quantitative estimate of drug-likeness (QED) is 0.650. The summed E-state index contributed by atoms with van der Waals surface area (Å²) in [6, 6.07) is 3.24. The summed E-state index contributed by atoms with van der Waals surface area (Å²) in [5.41, 5.74) is 2.53. The summed E-state index contributed by atoms with van der Waals surface area (Å²) in [5, 5.41) is 21.4. The average Bonchev–Trinajstić information content (AvgIpc) is 2.99. The molecule has 1 aliphatic rings. The van der Waals surface area contributed by atoms with Gasteiger partial charge in [0.1, 0.15) is 11.4 Å². The number of nitrogens with one attached hydrogen (secondary N) is 1. The van der Waals surface area contributed by atoms with Crippen molar-refractivity contribution in [2.75, 3.05) is 6.61 Å². The Morgan fingerprint density at radius 1 is 1.44 bits per heavy atom. The molecule has 1 unspecified atom stereocenters. The Morgan fingerprint density at radius 3 is 2.92 bits per heavy atom. The van der Waals surface area contributed by atoms with Crippen LogP contribution in [0, 0.1) is 6.92 Å². The van der Waals surface area contributed by atoms with Gasteiger partial charge in [0.25, 0.3) is 5.91 Å². The molecule has 25 heavy (non-hydrogen) atoms. The van der Waals surface area contributed by atoms with Gasteiger partial charge in [-0.2, -0.15) is 0 Å². The van der Waals surface area contributed by atoms with Crippen LogP contribution >= 0.6 is 0 Å².